The van der Waals surface area contributed by atoms with Gasteiger partial charge in [0.1, 0.15) is 5.67 Å². The number of halogens is 2. The van der Waals surface area contributed by atoms with Crippen LogP contribution in [0.4, 0.5) is 4.39 Å². The van der Waals surface area contributed by atoms with Crippen molar-refractivity contribution in [1.82, 2.24) is 5.32 Å². The third kappa shape index (κ3) is 2.34. The first kappa shape index (κ1) is 10.1. The number of hydrogen-bond acceptors (Lipinski definition) is 1. The Balaban J connectivity index is 2.10. The van der Waals surface area contributed by atoms with Crippen LogP contribution in [-0.4, -0.2) is 18.8 Å². The van der Waals surface area contributed by atoms with Crippen LogP contribution in [0, 0.1) is 0 Å². The van der Waals surface area contributed by atoms with Gasteiger partial charge in [0.05, 0.1) is 0 Å². The van der Waals surface area contributed by atoms with Gasteiger partial charge in [-0.1, -0.05) is 28.1 Å². The second-order valence-corrected chi connectivity index (χ2v) is 4.80. The monoisotopic (exact) mass is 257 g/mol. The molecule has 0 bridgehead atoms. The molecule has 0 aliphatic carbocycles. The Morgan fingerprint density at radius 1 is 1.50 bits per heavy atom. The van der Waals surface area contributed by atoms with Gasteiger partial charge in [0.2, 0.25) is 0 Å². The van der Waals surface area contributed by atoms with Crippen molar-refractivity contribution in [3.8, 4) is 0 Å². The molecule has 0 aromatic heterocycles. The van der Waals surface area contributed by atoms with Crippen molar-refractivity contribution in [1.29, 1.82) is 0 Å². The van der Waals surface area contributed by atoms with Crippen LogP contribution in [0.2, 0.25) is 0 Å². The van der Waals surface area contributed by atoms with E-state index in [2.05, 4.69) is 21.2 Å². The molecule has 1 saturated heterocycles. The lowest BCUT2D eigenvalue weighted by Gasteiger charge is -2.17. The Kier molecular flexibility index (Phi) is 2.88. The second kappa shape index (κ2) is 3.99. The Hall–Kier alpha value is -0.410. The second-order valence-electron chi connectivity index (χ2n) is 3.88. The number of rotatable bonds is 2. The molecule has 0 spiro atoms. The van der Waals surface area contributed by atoms with Crippen LogP contribution in [0.3, 0.4) is 0 Å². The zero-order valence-corrected chi connectivity index (χ0v) is 9.48. The Morgan fingerprint density at radius 2 is 2.36 bits per heavy atom. The molecule has 1 aromatic carbocycles. The van der Waals surface area contributed by atoms with Crippen molar-refractivity contribution >= 4 is 15.9 Å². The van der Waals surface area contributed by atoms with Crippen molar-refractivity contribution in [3.05, 3.63) is 34.3 Å². The maximum absolute atomic E-state index is 14.1. The third-order valence-corrected chi connectivity index (χ3v) is 3.09. The molecule has 1 N–H and O–H groups in total. The maximum Gasteiger partial charge on any atom is 0.128 e. The highest BCUT2D eigenvalue weighted by atomic mass is 79.9. The molecule has 1 aliphatic rings. The largest absolute Gasteiger partial charge is 0.313 e. The summed E-state index contributed by atoms with van der Waals surface area (Å²) in [4.78, 5) is 0. The minimum atomic E-state index is -1.04. The van der Waals surface area contributed by atoms with Gasteiger partial charge in [-0.3, -0.25) is 0 Å². The van der Waals surface area contributed by atoms with Crippen molar-refractivity contribution in [2.24, 2.45) is 0 Å². The molecule has 1 fully saturated rings. The van der Waals surface area contributed by atoms with Crippen LogP contribution in [0.25, 0.3) is 0 Å². The summed E-state index contributed by atoms with van der Waals surface area (Å²) >= 11 is 3.39. The van der Waals surface area contributed by atoms with E-state index in [1.165, 1.54) is 0 Å². The van der Waals surface area contributed by atoms with E-state index in [0.29, 0.717) is 19.4 Å². The molecule has 14 heavy (non-hydrogen) atoms. The van der Waals surface area contributed by atoms with E-state index in [9.17, 15) is 4.39 Å². The minimum absolute atomic E-state index is 0.486. The third-order valence-electron chi connectivity index (χ3n) is 2.60. The average Bonchev–Trinajstić information content (AvgIpc) is 2.51. The molecule has 76 valence electrons. The topological polar surface area (TPSA) is 12.0 Å². The normalized spacial score (nSPS) is 26.7. The molecular formula is C11H13BrFN. The van der Waals surface area contributed by atoms with Crippen LogP contribution in [0.1, 0.15) is 12.0 Å². The van der Waals surface area contributed by atoms with Crippen molar-refractivity contribution in [2.75, 3.05) is 13.1 Å². The lowest BCUT2D eigenvalue weighted by Crippen LogP contribution is -2.28. The molecule has 0 saturated carbocycles. The fourth-order valence-electron chi connectivity index (χ4n) is 1.88. The van der Waals surface area contributed by atoms with Crippen LogP contribution in [0.5, 0.6) is 0 Å². The van der Waals surface area contributed by atoms with Gasteiger partial charge in [0.25, 0.3) is 0 Å². The van der Waals surface area contributed by atoms with E-state index >= 15 is 0 Å². The first-order valence-corrected chi connectivity index (χ1v) is 5.61. The van der Waals surface area contributed by atoms with E-state index in [0.717, 1.165) is 16.6 Å². The Bertz CT molecular complexity index is 321. The number of nitrogens with one attached hydrogen (secondary N) is 1. The van der Waals surface area contributed by atoms with Gasteiger partial charge in [0.15, 0.2) is 0 Å². The standard InChI is InChI=1S/C11H13BrFN/c12-10-3-1-2-9(6-10)7-11(13)4-5-14-8-11/h1-3,6,14H,4-5,7-8H2. The summed E-state index contributed by atoms with van der Waals surface area (Å²) in [5, 5.41) is 3.06. The van der Waals surface area contributed by atoms with Gasteiger partial charge in [-0.2, -0.15) is 0 Å². The van der Waals surface area contributed by atoms with Gasteiger partial charge in [-0.25, -0.2) is 4.39 Å². The van der Waals surface area contributed by atoms with Gasteiger partial charge in [-0.05, 0) is 30.7 Å². The number of alkyl halides is 1. The predicted molar refractivity (Wildman–Crippen MR) is 59.2 cm³/mol. The summed E-state index contributed by atoms with van der Waals surface area (Å²) in [6.45, 7) is 1.28. The first-order valence-electron chi connectivity index (χ1n) is 4.82. The summed E-state index contributed by atoms with van der Waals surface area (Å²) < 4.78 is 15.1. The Labute approximate surface area is 91.8 Å². The zero-order chi connectivity index (χ0) is 10.0. The smallest absolute Gasteiger partial charge is 0.128 e. The summed E-state index contributed by atoms with van der Waals surface area (Å²) in [6.07, 6.45) is 1.14. The summed E-state index contributed by atoms with van der Waals surface area (Å²) in [5.41, 5.74) is 0.0198. The SMILES string of the molecule is FC1(Cc2cccc(Br)c2)CCNC1. The van der Waals surface area contributed by atoms with Gasteiger partial charge >= 0.3 is 0 Å². The highest BCUT2D eigenvalue weighted by molar-refractivity contribution is 9.10. The van der Waals surface area contributed by atoms with Crippen LogP contribution >= 0.6 is 15.9 Å². The zero-order valence-electron chi connectivity index (χ0n) is 7.89. The summed E-state index contributed by atoms with van der Waals surface area (Å²) in [5.74, 6) is 0. The molecular weight excluding hydrogens is 245 g/mol. The molecule has 1 atom stereocenters. The predicted octanol–water partition coefficient (Wildman–Crippen LogP) is 2.69. The van der Waals surface area contributed by atoms with Gasteiger partial charge in [-0.15, -0.1) is 0 Å². The molecule has 1 aliphatic heterocycles. The van der Waals surface area contributed by atoms with Gasteiger partial charge in [0, 0.05) is 17.4 Å². The molecule has 1 heterocycles. The molecule has 2 rings (SSSR count). The first-order chi connectivity index (χ1) is 6.68. The molecule has 0 amide bonds. The van der Waals surface area contributed by atoms with Gasteiger partial charge < -0.3 is 5.32 Å². The molecule has 1 nitrogen and oxygen atoms in total. The van der Waals surface area contributed by atoms with Crippen LogP contribution < -0.4 is 5.32 Å². The number of benzene rings is 1. The minimum Gasteiger partial charge on any atom is -0.313 e. The fourth-order valence-corrected chi connectivity index (χ4v) is 2.32. The van der Waals surface area contributed by atoms with Crippen LogP contribution in [0.15, 0.2) is 28.7 Å². The van der Waals surface area contributed by atoms with Crippen molar-refractivity contribution in [2.45, 2.75) is 18.5 Å². The molecule has 1 aromatic rings. The van der Waals surface area contributed by atoms with E-state index in [1.54, 1.807) is 0 Å². The quantitative estimate of drug-likeness (QED) is 0.860. The Morgan fingerprint density at radius 3 is 3.00 bits per heavy atom. The summed E-state index contributed by atoms with van der Waals surface area (Å²) in [7, 11) is 0. The molecule has 0 radical (unpaired) electrons. The lowest BCUT2D eigenvalue weighted by atomic mass is 9.96. The maximum atomic E-state index is 14.1. The highest BCUT2D eigenvalue weighted by Crippen LogP contribution is 2.25. The van der Waals surface area contributed by atoms with E-state index in [-0.39, 0.29) is 0 Å². The average molecular weight is 258 g/mol. The highest BCUT2D eigenvalue weighted by Gasteiger charge is 2.33. The molecule has 3 heteroatoms. The van der Waals surface area contributed by atoms with Crippen molar-refractivity contribution in [3.63, 3.8) is 0 Å². The van der Waals surface area contributed by atoms with E-state index in [1.807, 2.05) is 24.3 Å². The fraction of sp³-hybridized carbons (Fsp3) is 0.455. The van der Waals surface area contributed by atoms with E-state index < -0.39 is 5.67 Å². The summed E-state index contributed by atoms with van der Waals surface area (Å²) in [6, 6.07) is 7.87. The van der Waals surface area contributed by atoms with E-state index in [4.69, 9.17) is 0 Å². The van der Waals surface area contributed by atoms with Crippen LogP contribution in [-0.2, 0) is 6.42 Å². The number of hydrogen-bond donors (Lipinski definition) is 1. The van der Waals surface area contributed by atoms with Crippen molar-refractivity contribution < 1.29 is 4.39 Å². The lowest BCUT2D eigenvalue weighted by molar-refractivity contribution is 0.190. The molecule has 1 unspecified atom stereocenters.